The minimum absolute atomic E-state index is 0.996. The molecule has 0 aromatic carbocycles. The van der Waals surface area contributed by atoms with Crippen LogP contribution in [0.1, 0.15) is 0 Å². The molecule has 0 rings (SSSR count). The van der Waals surface area contributed by atoms with Crippen molar-refractivity contribution in [2.24, 2.45) is 0 Å². The standard InChI is InChI=1S/C3H9OSi.Zn/c1-5(2,3)4;/h1-3H3;/q-1;+1. The first-order chi connectivity index (χ1) is 2.56. The van der Waals surface area contributed by atoms with E-state index in [0.717, 1.165) is 18.7 Å². The summed E-state index contributed by atoms with van der Waals surface area (Å²) >= 11 is 0.996. The average molecular weight is 155 g/mol. The first-order valence-corrected chi connectivity index (χ1v) is 6.61. The summed E-state index contributed by atoms with van der Waals surface area (Å²) in [6, 6.07) is 0. The van der Waals surface area contributed by atoms with Gasteiger partial charge in [-0.15, -0.1) is 0 Å². The zero-order valence-electron chi connectivity index (χ0n) is 4.62. The molecule has 0 amide bonds. The molecule has 6 heavy (non-hydrogen) atoms. The van der Waals surface area contributed by atoms with Crippen LogP contribution >= 0.6 is 0 Å². The molecular formula is C3H9OSiZn. The summed E-state index contributed by atoms with van der Waals surface area (Å²) in [6.07, 6.45) is 0. The second kappa shape index (κ2) is 2.20. The van der Waals surface area contributed by atoms with Gasteiger partial charge in [0, 0.05) is 0 Å². The Morgan fingerprint density at radius 2 is 1.50 bits per heavy atom. The topological polar surface area (TPSA) is 9.23 Å². The Morgan fingerprint density at radius 1 is 1.33 bits per heavy atom. The van der Waals surface area contributed by atoms with E-state index in [-0.39, 0.29) is 0 Å². The molecule has 0 saturated heterocycles. The van der Waals surface area contributed by atoms with Gasteiger partial charge in [0.25, 0.3) is 0 Å². The van der Waals surface area contributed by atoms with Crippen molar-refractivity contribution in [2.45, 2.75) is 19.6 Å². The van der Waals surface area contributed by atoms with Gasteiger partial charge in [0.05, 0.1) is 0 Å². The molecule has 0 heterocycles. The van der Waals surface area contributed by atoms with Crippen LogP contribution in [0.25, 0.3) is 0 Å². The molecule has 0 aliphatic rings. The van der Waals surface area contributed by atoms with Crippen LogP contribution in [-0.4, -0.2) is 8.32 Å². The van der Waals surface area contributed by atoms with Gasteiger partial charge in [-0.3, -0.25) is 0 Å². The van der Waals surface area contributed by atoms with E-state index in [2.05, 4.69) is 19.6 Å². The number of rotatable bonds is 1. The van der Waals surface area contributed by atoms with Crippen molar-refractivity contribution in [1.82, 2.24) is 0 Å². The molecule has 0 aromatic heterocycles. The quantitative estimate of drug-likeness (QED) is 0.518. The molecule has 0 radical (unpaired) electrons. The van der Waals surface area contributed by atoms with Crippen LogP contribution in [0, 0.1) is 0 Å². The molecule has 0 saturated carbocycles. The number of hydrogen-bond acceptors (Lipinski definition) is 1. The normalized spacial score (nSPS) is 12.2. The van der Waals surface area contributed by atoms with E-state index in [0.29, 0.717) is 0 Å². The Labute approximate surface area is 50.3 Å². The van der Waals surface area contributed by atoms with Crippen LogP contribution in [0.2, 0.25) is 19.6 Å². The molecule has 0 spiro atoms. The van der Waals surface area contributed by atoms with E-state index >= 15 is 0 Å². The summed E-state index contributed by atoms with van der Waals surface area (Å²) in [5, 5.41) is 0. The van der Waals surface area contributed by atoms with Gasteiger partial charge in [0.2, 0.25) is 0 Å². The third kappa shape index (κ3) is 4.80. The molecule has 0 aliphatic carbocycles. The SMILES string of the molecule is C[Si](C)(C)[O][Zn]. The first-order valence-electron chi connectivity index (χ1n) is 1.99. The van der Waals surface area contributed by atoms with Crippen LogP contribution in [-0.2, 0) is 21.9 Å². The second-order valence-electron chi connectivity index (χ2n) is 2.26. The molecule has 0 aliphatic heterocycles. The second-order valence-corrected chi connectivity index (χ2v) is 8.59. The van der Waals surface area contributed by atoms with Gasteiger partial charge in [-0.05, 0) is 0 Å². The van der Waals surface area contributed by atoms with Gasteiger partial charge in [-0.1, -0.05) is 0 Å². The van der Waals surface area contributed by atoms with Gasteiger partial charge in [0.15, 0.2) is 0 Å². The molecule has 0 N–H and O–H groups in total. The Hall–Kier alpha value is 0.800. The van der Waals surface area contributed by atoms with E-state index in [9.17, 15) is 0 Å². The number of hydrogen-bond donors (Lipinski definition) is 0. The fourth-order valence-corrected chi connectivity index (χ4v) is 0. The summed E-state index contributed by atoms with van der Waals surface area (Å²) in [5.74, 6) is 0. The van der Waals surface area contributed by atoms with Crippen LogP contribution in [0.3, 0.4) is 0 Å². The van der Waals surface area contributed by atoms with Crippen molar-refractivity contribution in [1.29, 1.82) is 0 Å². The zero-order valence-corrected chi connectivity index (χ0v) is 8.58. The summed E-state index contributed by atoms with van der Waals surface area (Å²) < 4.78 is 5.20. The maximum atomic E-state index is 5.20. The summed E-state index contributed by atoms with van der Waals surface area (Å²) in [5.41, 5.74) is 0. The molecule has 0 aromatic rings. The fraction of sp³-hybridized carbons (Fsp3) is 1.00. The molecule has 0 fully saturated rings. The van der Waals surface area contributed by atoms with Gasteiger partial charge in [-0.2, -0.15) is 0 Å². The molecule has 0 atom stereocenters. The molecule has 3 heteroatoms. The van der Waals surface area contributed by atoms with Crippen molar-refractivity contribution in [3.05, 3.63) is 0 Å². The fourth-order valence-electron chi connectivity index (χ4n) is 0. The Balaban J connectivity index is 3.17. The summed E-state index contributed by atoms with van der Waals surface area (Å²) in [6.45, 7) is 6.57. The van der Waals surface area contributed by atoms with Gasteiger partial charge < -0.3 is 0 Å². The molecule has 0 unspecified atom stereocenters. The van der Waals surface area contributed by atoms with Crippen molar-refractivity contribution < 1.29 is 21.9 Å². The van der Waals surface area contributed by atoms with Crippen LogP contribution < -0.4 is 0 Å². The van der Waals surface area contributed by atoms with Crippen molar-refractivity contribution in [3.8, 4) is 0 Å². The third-order valence-corrected chi connectivity index (χ3v) is 6.75. The monoisotopic (exact) mass is 153 g/mol. The molecule has 0 bridgehead atoms. The zero-order chi connectivity index (χ0) is 5.21. The van der Waals surface area contributed by atoms with E-state index < -0.39 is 8.32 Å². The Bertz CT molecular complexity index is 40.5. The Kier molecular flexibility index (Phi) is 2.49. The average Bonchev–Trinajstić information content (AvgIpc) is 1.35. The van der Waals surface area contributed by atoms with E-state index in [1.54, 1.807) is 0 Å². The van der Waals surface area contributed by atoms with Gasteiger partial charge in [0.1, 0.15) is 0 Å². The van der Waals surface area contributed by atoms with Crippen LogP contribution in [0.5, 0.6) is 0 Å². The van der Waals surface area contributed by atoms with E-state index in [1.165, 1.54) is 0 Å². The third-order valence-electron chi connectivity index (χ3n) is 0.433. The first kappa shape index (κ1) is 6.80. The predicted molar refractivity (Wildman–Crippen MR) is 24.4 cm³/mol. The summed E-state index contributed by atoms with van der Waals surface area (Å²) in [7, 11) is -1.08. The Morgan fingerprint density at radius 3 is 1.50 bits per heavy atom. The molecular weight excluding hydrogens is 146 g/mol. The van der Waals surface area contributed by atoms with E-state index in [4.69, 9.17) is 3.25 Å². The van der Waals surface area contributed by atoms with Crippen molar-refractivity contribution in [2.75, 3.05) is 0 Å². The predicted octanol–water partition coefficient (Wildman–Crippen LogP) is 1.30. The van der Waals surface area contributed by atoms with Crippen LogP contribution in [0.15, 0.2) is 0 Å². The van der Waals surface area contributed by atoms with Gasteiger partial charge >= 0.3 is 49.9 Å². The minimum atomic E-state index is -1.08. The van der Waals surface area contributed by atoms with Crippen molar-refractivity contribution >= 4 is 8.32 Å². The van der Waals surface area contributed by atoms with Crippen molar-refractivity contribution in [3.63, 3.8) is 0 Å². The maximum absolute atomic E-state index is 5.20. The summed E-state index contributed by atoms with van der Waals surface area (Å²) in [4.78, 5) is 0. The van der Waals surface area contributed by atoms with Gasteiger partial charge in [-0.25, -0.2) is 0 Å². The van der Waals surface area contributed by atoms with E-state index in [1.807, 2.05) is 0 Å². The molecule has 33 valence electrons. The molecule has 1 nitrogen and oxygen atoms in total. The van der Waals surface area contributed by atoms with Crippen LogP contribution in [0.4, 0.5) is 0 Å².